The van der Waals surface area contributed by atoms with E-state index in [0.29, 0.717) is 0 Å². The summed E-state index contributed by atoms with van der Waals surface area (Å²) in [5, 5.41) is 0. The van der Waals surface area contributed by atoms with Gasteiger partial charge in [-0.05, 0) is 28.2 Å². The van der Waals surface area contributed by atoms with E-state index in [1.54, 1.807) is 22.6 Å². The standard InChI is InChI=1S/C7H5ClF2INO/c8-2-3-1-4(13)12-7(11)5(3)6(9)10/h1,6H,2H2,(H,12,13). The maximum atomic E-state index is 12.4. The minimum absolute atomic E-state index is 0.0837. The van der Waals surface area contributed by atoms with Crippen LogP contribution in [-0.4, -0.2) is 4.98 Å². The van der Waals surface area contributed by atoms with Gasteiger partial charge in [-0.25, -0.2) is 8.78 Å². The van der Waals surface area contributed by atoms with Gasteiger partial charge in [0.15, 0.2) is 0 Å². The molecule has 0 bridgehead atoms. The molecule has 0 radical (unpaired) electrons. The second kappa shape index (κ2) is 4.36. The molecule has 0 spiro atoms. The molecule has 0 fully saturated rings. The molecule has 1 heterocycles. The first-order chi connectivity index (χ1) is 6.06. The van der Waals surface area contributed by atoms with Crippen LogP contribution in [0.1, 0.15) is 17.6 Å². The molecule has 1 aromatic heterocycles. The summed E-state index contributed by atoms with van der Waals surface area (Å²) in [5.41, 5.74) is -0.413. The van der Waals surface area contributed by atoms with Crippen LogP contribution in [0, 0.1) is 3.70 Å². The van der Waals surface area contributed by atoms with Crippen LogP contribution in [-0.2, 0) is 5.88 Å². The van der Waals surface area contributed by atoms with Crippen molar-refractivity contribution < 1.29 is 8.78 Å². The van der Waals surface area contributed by atoms with Crippen LogP contribution in [0.5, 0.6) is 0 Å². The Morgan fingerprint density at radius 3 is 2.69 bits per heavy atom. The molecular weight excluding hydrogens is 314 g/mol. The van der Waals surface area contributed by atoms with E-state index in [-0.39, 0.29) is 20.7 Å². The molecule has 1 rings (SSSR count). The van der Waals surface area contributed by atoms with E-state index >= 15 is 0 Å². The van der Waals surface area contributed by atoms with Gasteiger partial charge in [0.25, 0.3) is 6.43 Å². The van der Waals surface area contributed by atoms with Gasteiger partial charge in [-0.15, -0.1) is 11.6 Å². The Bertz CT molecular complexity index is 366. The van der Waals surface area contributed by atoms with Gasteiger partial charge < -0.3 is 4.98 Å². The molecule has 0 amide bonds. The molecule has 0 atom stereocenters. The highest BCUT2D eigenvalue weighted by Crippen LogP contribution is 2.26. The molecule has 1 N–H and O–H groups in total. The van der Waals surface area contributed by atoms with Crippen molar-refractivity contribution in [1.82, 2.24) is 4.98 Å². The minimum atomic E-state index is -2.61. The number of hydrogen-bond donors (Lipinski definition) is 1. The molecule has 0 aromatic carbocycles. The third-order valence-electron chi connectivity index (χ3n) is 1.48. The lowest BCUT2D eigenvalue weighted by Crippen LogP contribution is -2.11. The van der Waals surface area contributed by atoms with Crippen molar-refractivity contribution in [2.75, 3.05) is 0 Å². The fraction of sp³-hybridized carbons (Fsp3) is 0.286. The second-order valence-electron chi connectivity index (χ2n) is 2.32. The van der Waals surface area contributed by atoms with E-state index in [2.05, 4.69) is 4.98 Å². The molecular formula is C7H5ClF2INO. The summed E-state index contributed by atoms with van der Waals surface area (Å²) in [6, 6.07) is 1.09. The lowest BCUT2D eigenvalue weighted by atomic mass is 10.2. The fourth-order valence-electron chi connectivity index (χ4n) is 0.935. The van der Waals surface area contributed by atoms with Crippen molar-refractivity contribution in [2.24, 2.45) is 0 Å². The van der Waals surface area contributed by atoms with Crippen LogP contribution >= 0.6 is 34.2 Å². The van der Waals surface area contributed by atoms with Crippen molar-refractivity contribution in [1.29, 1.82) is 0 Å². The van der Waals surface area contributed by atoms with Gasteiger partial charge in [0.1, 0.15) is 0 Å². The number of halogens is 4. The highest BCUT2D eigenvalue weighted by Gasteiger charge is 2.17. The number of H-pyrrole nitrogens is 1. The Morgan fingerprint density at radius 2 is 2.23 bits per heavy atom. The zero-order chi connectivity index (χ0) is 10.0. The zero-order valence-electron chi connectivity index (χ0n) is 6.28. The molecule has 0 saturated heterocycles. The molecule has 2 nitrogen and oxygen atoms in total. The summed E-state index contributed by atoms with van der Waals surface area (Å²) in [6.45, 7) is 0. The Kier molecular flexibility index (Phi) is 3.66. The molecule has 0 saturated carbocycles. The highest BCUT2D eigenvalue weighted by molar-refractivity contribution is 14.1. The summed E-state index contributed by atoms with van der Waals surface area (Å²) in [4.78, 5) is 13.2. The first-order valence-corrected chi connectivity index (χ1v) is 4.93. The molecule has 0 aliphatic heterocycles. The lowest BCUT2D eigenvalue weighted by molar-refractivity contribution is 0.149. The summed E-state index contributed by atoms with van der Waals surface area (Å²) in [5.74, 6) is -0.0837. The highest BCUT2D eigenvalue weighted by atomic mass is 127. The van der Waals surface area contributed by atoms with E-state index < -0.39 is 12.0 Å². The molecule has 72 valence electrons. The first-order valence-electron chi connectivity index (χ1n) is 3.32. The monoisotopic (exact) mass is 319 g/mol. The van der Waals surface area contributed by atoms with Gasteiger partial charge in [-0.1, -0.05) is 0 Å². The molecule has 1 aromatic rings. The van der Waals surface area contributed by atoms with Crippen molar-refractivity contribution >= 4 is 34.2 Å². The average molecular weight is 319 g/mol. The van der Waals surface area contributed by atoms with Crippen LogP contribution < -0.4 is 5.56 Å². The van der Waals surface area contributed by atoms with Gasteiger partial charge in [0.05, 0.1) is 9.26 Å². The maximum Gasteiger partial charge on any atom is 0.266 e. The summed E-state index contributed by atoms with van der Waals surface area (Å²) < 4.78 is 25.0. The van der Waals surface area contributed by atoms with Gasteiger partial charge in [0.2, 0.25) is 5.56 Å². The Hall–Kier alpha value is -0.170. The quantitative estimate of drug-likeness (QED) is 0.507. The predicted molar refractivity (Wildman–Crippen MR) is 54.3 cm³/mol. The molecule has 0 unspecified atom stereocenters. The average Bonchev–Trinajstić information content (AvgIpc) is 2.01. The van der Waals surface area contributed by atoms with E-state index in [1.807, 2.05) is 0 Å². The second-order valence-corrected chi connectivity index (χ2v) is 3.67. The predicted octanol–water partition coefficient (Wildman–Crippen LogP) is 2.66. The van der Waals surface area contributed by atoms with E-state index in [9.17, 15) is 13.6 Å². The molecule has 0 aliphatic rings. The summed E-state index contributed by atoms with van der Waals surface area (Å²) in [7, 11) is 0. The number of hydrogen-bond acceptors (Lipinski definition) is 1. The van der Waals surface area contributed by atoms with Crippen LogP contribution in [0.15, 0.2) is 10.9 Å². The van der Waals surface area contributed by atoms with E-state index in [4.69, 9.17) is 11.6 Å². The van der Waals surface area contributed by atoms with Crippen molar-refractivity contribution in [3.8, 4) is 0 Å². The third-order valence-corrected chi connectivity index (χ3v) is 2.62. The normalized spacial score (nSPS) is 10.8. The van der Waals surface area contributed by atoms with E-state index in [0.717, 1.165) is 6.07 Å². The first kappa shape index (κ1) is 10.9. The topological polar surface area (TPSA) is 32.9 Å². The van der Waals surface area contributed by atoms with Gasteiger partial charge in [-0.2, -0.15) is 0 Å². The molecule has 6 heteroatoms. The van der Waals surface area contributed by atoms with Crippen LogP contribution in [0.4, 0.5) is 8.78 Å². The minimum Gasteiger partial charge on any atom is -0.317 e. The van der Waals surface area contributed by atoms with Crippen molar-refractivity contribution in [2.45, 2.75) is 12.3 Å². The Morgan fingerprint density at radius 1 is 1.62 bits per heavy atom. The fourth-order valence-corrected chi connectivity index (χ4v) is 2.00. The number of aromatic nitrogens is 1. The Balaban J connectivity index is 3.38. The lowest BCUT2D eigenvalue weighted by Gasteiger charge is -2.07. The number of aromatic amines is 1. The van der Waals surface area contributed by atoms with Crippen LogP contribution in [0.2, 0.25) is 0 Å². The van der Waals surface area contributed by atoms with Crippen molar-refractivity contribution in [3.63, 3.8) is 0 Å². The largest absolute Gasteiger partial charge is 0.317 e. The number of rotatable bonds is 2. The van der Waals surface area contributed by atoms with Crippen LogP contribution in [0.3, 0.4) is 0 Å². The molecule has 13 heavy (non-hydrogen) atoms. The summed E-state index contributed by atoms with van der Waals surface area (Å²) in [6.07, 6.45) is -2.61. The third kappa shape index (κ3) is 2.40. The maximum absolute atomic E-state index is 12.4. The van der Waals surface area contributed by atoms with Gasteiger partial charge >= 0.3 is 0 Å². The van der Waals surface area contributed by atoms with E-state index in [1.165, 1.54) is 0 Å². The SMILES string of the molecule is O=c1cc(CCl)c(C(F)F)c(I)[nH]1. The Labute approximate surface area is 91.4 Å². The molecule has 0 aliphatic carbocycles. The summed E-state index contributed by atoms with van der Waals surface area (Å²) >= 11 is 7.09. The number of pyridine rings is 1. The zero-order valence-corrected chi connectivity index (χ0v) is 9.20. The number of nitrogens with one attached hydrogen (secondary N) is 1. The number of alkyl halides is 3. The van der Waals surface area contributed by atoms with Crippen LogP contribution in [0.25, 0.3) is 0 Å². The van der Waals surface area contributed by atoms with Crippen molar-refractivity contribution in [3.05, 3.63) is 31.2 Å². The van der Waals surface area contributed by atoms with Gasteiger partial charge in [0, 0.05) is 11.9 Å². The van der Waals surface area contributed by atoms with Gasteiger partial charge in [-0.3, -0.25) is 4.79 Å². The smallest absolute Gasteiger partial charge is 0.266 e.